The highest BCUT2D eigenvalue weighted by Gasteiger charge is 2.25. The van der Waals surface area contributed by atoms with Gasteiger partial charge in [-0.1, -0.05) is 18.2 Å². The molecule has 1 aliphatic rings. The van der Waals surface area contributed by atoms with Crippen LogP contribution in [0.3, 0.4) is 0 Å². The zero-order valence-corrected chi connectivity index (χ0v) is 17.4. The van der Waals surface area contributed by atoms with Crippen LogP contribution in [0, 0.1) is 13.8 Å². The fourth-order valence-corrected chi connectivity index (χ4v) is 3.69. The minimum absolute atomic E-state index is 0.0348. The summed E-state index contributed by atoms with van der Waals surface area (Å²) >= 11 is 0. The number of likely N-dealkylation sites (tertiary alicyclic amines) is 1. The lowest BCUT2D eigenvalue weighted by molar-refractivity contribution is -0.897. The van der Waals surface area contributed by atoms with Crippen molar-refractivity contribution in [2.45, 2.75) is 32.7 Å². The number of benzene rings is 2. The van der Waals surface area contributed by atoms with E-state index in [1.807, 2.05) is 44.2 Å². The maximum absolute atomic E-state index is 12.5. The summed E-state index contributed by atoms with van der Waals surface area (Å²) in [7, 11) is 1.59. The van der Waals surface area contributed by atoms with Gasteiger partial charge in [-0.25, -0.2) is 0 Å². The van der Waals surface area contributed by atoms with Crippen molar-refractivity contribution in [1.82, 2.24) is 5.32 Å². The summed E-state index contributed by atoms with van der Waals surface area (Å²) in [5.74, 6) is 0.629. The zero-order valence-electron chi connectivity index (χ0n) is 17.4. The Kier molecular flexibility index (Phi) is 6.88. The fraction of sp³-hybridized carbons (Fsp3) is 0.391. The lowest BCUT2D eigenvalue weighted by Gasteiger charge is -2.29. The molecular formula is C23H30N3O3+. The van der Waals surface area contributed by atoms with Crippen molar-refractivity contribution in [2.24, 2.45) is 0 Å². The summed E-state index contributed by atoms with van der Waals surface area (Å²) in [6, 6.07) is 13.2. The smallest absolute Gasteiger partial charge is 0.279 e. The van der Waals surface area contributed by atoms with Crippen molar-refractivity contribution >= 4 is 17.5 Å². The third-order valence-electron chi connectivity index (χ3n) is 5.65. The number of ether oxygens (including phenoxy) is 1. The van der Waals surface area contributed by atoms with Crippen LogP contribution in [0.1, 0.15) is 34.3 Å². The number of carbonyl (C=O) groups is 2. The Balaban J connectivity index is 1.45. The molecule has 0 aromatic heterocycles. The number of methoxy groups -OCH3 is 1. The number of amides is 2. The van der Waals surface area contributed by atoms with Crippen molar-refractivity contribution < 1.29 is 19.2 Å². The van der Waals surface area contributed by atoms with Crippen molar-refractivity contribution in [1.29, 1.82) is 0 Å². The number of hydrogen-bond donors (Lipinski definition) is 3. The third kappa shape index (κ3) is 5.57. The Labute approximate surface area is 172 Å². The van der Waals surface area contributed by atoms with E-state index in [1.54, 1.807) is 19.2 Å². The normalized spacial score (nSPS) is 18.7. The predicted octanol–water partition coefficient (Wildman–Crippen LogP) is 1.73. The van der Waals surface area contributed by atoms with E-state index in [4.69, 9.17) is 4.74 Å². The molecule has 0 spiro atoms. The van der Waals surface area contributed by atoms with E-state index in [-0.39, 0.29) is 17.9 Å². The van der Waals surface area contributed by atoms with Crippen molar-refractivity contribution in [3.63, 3.8) is 0 Å². The van der Waals surface area contributed by atoms with Gasteiger partial charge in [0.2, 0.25) is 0 Å². The number of anilines is 1. The van der Waals surface area contributed by atoms with Crippen LogP contribution >= 0.6 is 0 Å². The molecule has 3 rings (SSSR count). The minimum atomic E-state index is -0.0787. The van der Waals surface area contributed by atoms with Crippen LogP contribution < -0.4 is 20.3 Å². The number of nitrogens with one attached hydrogen (secondary N) is 3. The standard InChI is InChI=1S/C23H29N3O3/c1-16-6-4-9-21(17(16)2)25-22(27)15-26-12-10-19(11-13-26)24-23(28)18-7-5-8-20(14-18)29-3/h4-9,14,19H,10-13,15H2,1-3H3,(H,24,28)(H,25,27)/p+1. The first kappa shape index (κ1) is 20.9. The van der Waals surface area contributed by atoms with Gasteiger partial charge in [0.05, 0.1) is 20.2 Å². The van der Waals surface area contributed by atoms with Gasteiger partial charge in [-0.05, 0) is 49.2 Å². The Morgan fingerprint density at radius 1 is 1.10 bits per heavy atom. The Morgan fingerprint density at radius 2 is 1.83 bits per heavy atom. The summed E-state index contributed by atoms with van der Waals surface area (Å²) in [5.41, 5.74) is 3.76. The monoisotopic (exact) mass is 396 g/mol. The molecular weight excluding hydrogens is 366 g/mol. The van der Waals surface area contributed by atoms with E-state index in [0.29, 0.717) is 17.9 Å². The van der Waals surface area contributed by atoms with Crippen LogP contribution in [0.2, 0.25) is 0 Å². The number of carbonyl (C=O) groups excluding carboxylic acids is 2. The lowest BCUT2D eigenvalue weighted by atomic mass is 10.0. The van der Waals surface area contributed by atoms with Gasteiger partial charge in [-0.2, -0.15) is 0 Å². The van der Waals surface area contributed by atoms with Crippen LogP contribution in [0.15, 0.2) is 42.5 Å². The van der Waals surface area contributed by atoms with Gasteiger partial charge >= 0.3 is 0 Å². The molecule has 29 heavy (non-hydrogen) atoms. The summed E-state index contributed by atoms with van der Waals surface area (Å²) in [4.78, 5) is 26.2. The zero-order chi connectivity index (χ0) is 20.8. The largest absolute Gasteiger partial charge is 0.497 e. The lowest BCUT2D eigenvalue weighted by Crippen LogP contribution is -3.14. The highest BCUT2D eigenvalue weighted by atomic mass is 16.5. The summed E-state index contributed by atoms with van der Waals surface area (Å²) in [5, 5.41) is 6.14. The van der Waals surface area contributed by atoms with Crippen molar-refractivity contribution in [3.05, 3.63) is 59.2 Å². The molecule has 3 N–H and O–H groups in total. The summed E-state index contributed by atoms with van der Waals surface area (Å²) < 4.78 is 5.18. The molecule has 6 nitrogen and oxygen atoms in total. The first-order chi connectivity index (χ1) is 14.0. The third-order valence-corrected chi connectivity index (χ3v) is 5.65. The molecule has 1 saturated heterocycles. The first-order valence-electron chi connectivity index (χ1n) is 10.1. The SMILES string of the molecule is COc1cccc(C(=O)NC2CC[NH+](CC(=O)Nc3cccc(C)c3C)CC2)c1. The molecule has 1 aliphatic heterocycles. The van der Waals surface area contributed by atoms with Crippen molar-refractivity contribution in [2.75, 3.05) is 32.1 Å². The maximum atomic E-state index is 12.5. The topological polar surface area (TPSA) is 71.9 Å². The maximum Gasteiger partial charge on any atom is 0.279 e. The molecule has 2 aromatic rings. The highest BCUT2D eigenvalue weighted by molar-refractivity contribution is 5.94. The van der Waals surface area contributed by atoms with E-state index in [0.717, 1.165) is 37.2 Å². The summed E-state index contributed by atoms with van der Waals surface area (Å²) in [6.07, 6.45) is 1.73. The van der Waals surface area contributed by atoms with Crippen LogP contribution in [0.4, 0.5) is 5.69 Å². The molecule has 1 heterocycles. The molecule has 154 valence electrons. The molecule has 1 fully saturated rings. The molecule has 0 aliphatic carbocycles. The van der Waals surface area contributed by atoms with Gasteiger partial charge in [0, 0.05) is 30.1 Å². The predicted molar refractivity (Wildman–Crippen MR) is 114 cm³/mol. The van der Waals surface area contributed by atoms with Gasteiger partial charge in [0.25, 0.3) is 11.8 Å². The van der Waals surface area contributed by atoms with E-state index in [9.17, 15) is 9.59 Å². The van der Waals surface area contributed by atoms with E-state index < -0.39 is 0 Å². The molecule has 2 aromatic carbocycles. The Bertz CT molecular complexity index is 873. The van der Waals surface area contributed by atoms with Gasteiger partial charge in [0.1, 0.15) is 5.75 Å². The molecule has 0 saturated carbocycles. The first-order valence-corrected chi connectivity index (χ1v) is 10.1. The van der Waals surface area contributed by atoms with E-state index in [1.165, 1.54) is 10.5 Å². The molecule has 0 unspecified atom stereocenters. The molecule has 0 bridgehead atoms. The number of rotatable bonds is 6. The highest BCUT2D eigenvalue weighted by Crippen LogP contribution is 2.17. The average molecular weight is 397 g/mol. The minimum Gasteiger partial charge on any atom is -0.497 e. The fourth-order valence-electron chi connectivity index (χ4n) is 3.69. The second-order valence-corrected chi connectivity index (χ2v) is 7.70. The van der Waals surface area contributed by atoms with Gasteiger partial charge < -0.3 is 20.3 Å². The Hall–Kier alpha value is -2.86. The van der Waals surface area contributed by atoms with Crippen LogP contribution in [-0.2, 0) is 4.79 Å². The number of aryl methyl sites for hydroxylation is 1. The Morgan fingerprint density at radius 3 is 2.55 bits per heavy atom. The van der Waals surface area contributed by atoms with Gasteiger partial charge in [0.15, 0.2) is 6.54 Å². The summed E-state index contributed by atoms with van der Waals surface area (Å²) in [6.45, 7) is 6.24. The molecule has 2 amide bonds. The van der Waals surface area contributed by atoms with Crippen LogP contribution in [-0.4, -0.2) is 44.6 Å². The van der Waals surface area contributed by atoms with Crippen molar-refractivity contribution in [3.8, 4) is 5.75 Å². The number of hydrogen-bond acceptors (Lipinski definition) is 3. The molecule has 6 heteroatoms. The van der Waals surface area contributed by atoms with E-state index >= 15 is 0 Å². The van der Waals surface area contributed by atoms with Crippen LogP contribution in [0.25, 0.3) is 0 Å². The van der Waals surface area contributed by atoms with Crippen LogP contribution in [0.5, 0.6) is 5.75 Å². The quantitative estimate of drug-likeness (QED) is 0.696. The van der Waals surface area contributed by atoms with Gasteiger partial charge in [-0.3, -0.25) is 9.59 Å². The second kappa shape index (κ2) is 9.56. The van der Waals surface area contributed by atoms with E-state index in [2.05, 4.69) is 10.6 Å². The number of piperidine rings is 1. The average Bonchev–Trinajstić information content (AvgIpc) is 2.73. The molecule has 0 atom stereocenters. The molecule has 0 radical (unpaired) electrons. The second-order valence-electron chi connectivity index (χ2n) is 7.70. The number of quaternary nitrogens is 1. The van der Waals surface area contributed by atoms with Gasteiger partial charge in [-0.15, -0.1) is 0 Å².